The maximum Gasteiger partial charge on any atom is 0.255 e. The maximum absolute atomic E-state index is 12.5. The summed E-state index contributed by atoms with van der Waals surface area (Å²) in [5.41, 5.74) is 0.578. The Balaban J connectivity index is 2.07. The van der Waals surface area contributed by atoms with E-state index in [4.69, 9.17) is 11.6 Å². The number of hydrogen-bond donors (Lipinski definition) is 0. The van der Waals surface area contributed by atoms with Crippen LogP contribution < -0.4 is 0 Å². The number of halogens is 2. The molecular weight excluding hydrogens is 328 g/mol. The van der Waals surface area contributed by atoms with E-state index in [0.717, 1.165) is 30.7 Å². The average Bonchev–Trinajstić information content (AvgIpc) is 2.41. The second kappa shape index (κ2) is 6.25. The van der Waals surface area contributed by atoms with E-state index in [1.165, 1.54) is 0 Å². The fraction of sp³-hybridized carbons (Fsp3) is 0.500. The molecule has 1 aliphatic rings. The van der Waals surface area contributed by atoms with Crippen molar-refractivity contribution < 1.29 is 4.79 Å². The highest BCUT2D eigenvalue weighted by Gasteiger charge is 2.24. The number of carbonyl (C=O) groups excluding carboxylic acids is 1. The summed E-state index contributed by atoms with van der Waals surface area (Å²) in [7, 11) is 0. The molecule has 2 rings (SSSR count). The van der Waals surface area contributed by atoms with Crippen LogP contribution in [0.3, 0.4) is 0 Å². The van der Waals surface area contributed by atoms with Crippen LogP contribution >= 0.6 is 27.5 Å². The number of amides is 1. The SMILES string of the molecule is CC(C)N1CCN(C(=O)c2cccc(Br)c2Cl)CC1. The molecule has 1 aromatic rings. The third-order valence-electron chi connectivity index (χ3n) is 3.51. The van der Waals surface area contributed by atoms with Gasteiger partial charge >= 0.3 is 0 Å². The van der Waals surface area contributed by atoms with E-state index in [1.54, 1.807) is 6.07 Å². The molecule has 1 saturated heterocycles. The molecule has 0 unspecified atom stereocenters. The molecule has 1 heterocycles. The fourth-order valence-corrected chi connectivity index (χ4v) is 2.85. The van der Waals surface area contributed by atoms with Gasteiger partial charge in [-0.25, -0.2) is 0 Å². The second-order valence-electron chi connectivity index (χ2n) is 5.02. The third kappa shape index (κ3) is 3.30. The molecule has 0 bridgehead atoms. The summed E-state index contributed by atoms with van der Waals surface area (Å²) in [6.07, 6.45) is 0. The topological polar surface area (TPSA) is 23.6 Å². The number of nitrogens with zero attached hydrogens (tertiary/aromatic N) is 2. The van der Waals surface area contributed by atoms with Crippen molar-refractivity contribution in [3.05, 3.63) is 33.3 Å². The Morgan fingerprint density at radius 2 is 1.89 bits per heavy atom. The second-order valence-corrected chi connectivity index (χ2v) is 6.26. The first kappa shape index (κ1) is 14.8. The minimum absolute atomic E-state index is 0.0229. The van der Waals surface area contributed by atoms with Crippen LogP contribution in [0.4, 0.5) is 0 Å². The van der Waals surface area contributed by atoms with E-state index in [9.17, 15) is 4.79 Å². The summed E-state index contributed by atoms with van der Waals surface area (Å²) >= 11 is 9.54. The lowest BCUT2D eigenvalue weighted by molar-refractivity contribution is 0.0595. The molecule has 19 heavy (non-hydrogen) atoms. The molecule has 1 amide bonds. The Bertz CT molecular complexity index is 471. The molecule has 0 atom stereocenters. The largest absolute Gasteiger partial charge is 0.336 e. The van der Waals surface area contributed by atoms with Crippen molar-refractivity contribution in [2.75, 3.05) is 26.2 Å². The minimum Gasteiger partial charge on any atom is -0.336 e. The van der Waals surface area contributed by atoms with E-state index in [2.05, 4.69) is 34.7 Å². The zero-order valence-corrected chi connectivity index (χ0v) is 13.5. The minimum atomic E-state index is 0.0229. The Kier molecular flexibility index (Phi) is 4.87. The molecule has 1 fully saturated rings. The first-order valence-electron chi connectivity index (χ1n) is 6.48. The molecule has 0 radical (unpaired) electrons. The lowest BCUT2D eigenvalue weighted by Crippen LogP contribution is -2.50. The van der Waals surface area contributed by atoms with Gasteiger partial charge in [0.25, 0.3) is 5.91 Å². The predicted molar refractivity (Wildman–Crippen MR) is 81.8 cm³/mol. The predicted octanol–water partition coefficient (Wildman–Crippen LogP) is 3.27. The van der Waals surface area contributed by atoms with Crippen LogP contribution in [-0.2, 0) is 0 Å². The van der Waals surface area contributed by atoms with Gasteiger partial charge in [-0.1, -0.05) is 17.7 Å². The monoisotopic (exact) mass is 344 g/mol. The molecule has 5 heteroatoms. The van der Waals surface area contributed by atoms with Crippen LogP contribution in [0.15, 0.2) is 22.7 Å². The van der Waals surface area contributed by atoms with Crippen LogP contribution in [0, 0.1) is 0 Å². The van der Waals surface area contributed by atoms with E-state index in [1.807, 2.05) is 17.0 Å². The first-order chi connectivity index (χ1) is 9.00. The number of rotatable bonds is 2. The molecule has 0 N–H and O–H groups in total. The Morgan fingerprint density at radius 3 is 2.47 bits per heavy atom. The van der Waals surface area contributed by atoms with Crippen LogP contribution in [0.25, 0.3) is 0 Å². The zero-order valence-electron chi connectivity index (χ0n) is 11.2. The lowest BCUT2D eigenvalue weighted by Gasteiger charge is -2.37. The quantitative estimate of drug-likeness (QED) is 0.821. The van der Waals surface area contributed by atoms with Crippen LogP contribution in [-0.4, -0.2) is 47.9 Å². The van der Waals surface area contributed by atoms with E-state index in [0.29, 0.717) is 16.6 Å². The molecule has 1 aliphatic heterocycles. The van der Waals surface area contributed by atoms with Crippen LogP contribution in [0.2, 0.25) is 5.02 Å². The zero-order chi connectivity index (χ0) is 14.0. The number of carbonyl (C=O) groups is 1. The van der Waals surface area contributed by atoms with Crippen LogP contribution in [0.5, 0.6) is 0 Å². The van der Waals surface area contributed by atoms with Gasteiger partial charge in [0.2, 0.25) is 0 Å². The molecule has 0 aliphatic carbocycles. The van der Waals surface area contributed by atoms with Crippen molar-refractivity contribution in [1.29, 1.82) is 0 Å². The normalized spacial score (nSPS) is 17.0. The molecule has 1 aromatic carbocycles. The highest BCUT2D eigenvalue weighted by molar-refractivity contribution is 9.10. The Labute approximate surface area is 127 Å². The van der Waals surface area contributed by atoms with E-state index < -0.39 is 0 Å². The number of hydrogen-bond acceptors (Lipinski definition) is 2. The van der Waals surface area contributed by atoms with Crippen molar-refractivity contribution >= 4 is 33.4 Å². The van der Waals surface area contributed by atoms with Crippen molar-refractivity contribution in [3.8, 4) is 0 Å². The Hall–Kier alpha value is -0.580. The number of piperazine rings is 1. The van der Waals surface area contributed by atoms with Gasteiger partial charge < -0.3 is 4.90 Å². The van der Waals surface area contributed by atoms with Gasteiger partial charge in [-0.3, -0.25) is 9.69 Å². The lowest BCUT2D eigenvalue weighted by atomic mass is 10.1. The average molecular weight is 346 g/mol. The van der Waals surface area contributed by atoms with Gasteiger partial charge in [-0.15, -0.1) is 0 Å². The van der Waals surface area contributed by atoms with Gasteiger partial charge in [0.15, 0.2) is 0 Å². The molecule has 0 saturated carbocycles. The van der Waals surface area contributed by atoms with Crippen molar-refractivity contribution in [2.24, 2.45) is 0 Å². The van der Waals surface area contributed by atoms with Gasteiger partial charge in [-0.05, 0) is 41.9 Å². The van der Waals surface area contributed by atoms with E-state index >= 15 is 0 Å². The summed E-state index contributed by atoms with van der Waals surface area (Å²) in [6, 6.07) is 6.00. The smallest absolute Gasteiger partial charge is 0.255 e. The van der Waals surface area contributed by atoms with Crippen molar-refractivity contribution in [1.82, 2.24) is 9.80 Å². The summed E-state index contributed by atoms with van der Waals surface area (Å²) < 4.78 is 0.765. The summed E-state index contributed by atoms with van der Waals surface area (Å²) in [6.45, 7) is 7.75. The molecule has 3 nitrogen and oxygen atoms in total. The molecular formula is C14H18BrClN2O. The first-order valence-corrected chi connectivity index (χ1v) is 7.65. The summed E-state index contributed by atoms with van der Waals surface area (Å²) in [5, 5.41) is 0.499. The molecule has 104 valence electrons. The highest BCUT2D eigenvalue weighted by Crippen LogP contribution is 2.27. The summed E-state index contributed by atoms with van der Waals surface area (Å²) in [4.78, 5) is 16.7. The molecule has 0 spiro atoms. The highest BCUT2D eigenvalue weighted by atomic mass is 79.9. The van der Waals surface area contributed by atoms with Crippen molar-refractivity contribution in [3.63, 3.8) is 0 Å². The maximum atomic E-state index is 12.5. The summed E-state index contributed by atoms with van der Waals surface area (Å²) in [5.74, 6) is 0.0229. The van der Waals surface area contributed by atoms with Crippen LogP contribution in [0.1, 0.15) is 24.2 Å². The molecule has 0 aromatic heterocycles. The van der Waals surface area contributed by atoms with E-state index in [-0.39, 0.29) is 5.91 Å². The number of benzene rings is 1. The van der Waals surface area contributed by atoms with Gasteiger partial charge in [0.05, 0.1) is 10.6 Å². The van der Waals surface area contributed by atoms with Gasteiger partial charge in [0.1, 0.15) is 0 Å². The Morgan fingerprint density at radius 1 is 1.26 bits per heavy atom. The van der Waals surface area contributed by atoms with Gasteiger partial charge in [0, 0.05) is 36.7 Å². The standard InChI is InChI=1S/C14H18BrClN2O/c1-10(2)17-6-8-18(9-7-17)14(19)11-4-3-5-12(15)13(11)16/h3-5,10H,6-9H2,1-2H3. The van der Waals surface area contributed by atoms with Crippen molar-refractivity contribution in [2.45, 2.75) is 19.9 Å². The van der Waals surface area contributed by atoms with Gasteiger partial charge in [-0.2, -0.15) is 0 Å². The fourth-order valence-electron chi connectivity index (χ4n) is 2.28. The third-order valence-corrected chi connectivity index (χ3v) is 4.81.